The molecule has 0 saturated heterocycles. The van der Waals surface area contributed by atoms with Crippen LogP contribution in [-0.2, 0) is 6.54 Å². The monoisotopic (exact) mass is 424 g/mol. The number of aromatic nitrogens is 2. The van der Waals surface area contributed by atoms with Gasteiger partial charge in [-0.25, -0.2) is 14.6 Å². The van der Waals surface area contributed by atoms with E-state index in [1.165, 1.54) is 23.6 Å². The van der Waals surface area contributed by atoms with Gasteiger partial charge < -0.3 is 4.42 Å². The Labute approximate surface area is 158 Å². The first-order valence-electron chi connectivity index (χ1n) is 7.86. The molecule has 5 nitrogen and oxygen atoms in total. The summed E-state index contributed by atoms with van der Waals surface area (Å²) in [5.74, 6) is -0.735. The number of rotatable bonds is 4. The molecule has 2 aromatic heterocycles. The van der Waals surface area contributed by atoms with Crippen molar-refractivity contribution in [3.63, 3.8) is 0 Å². The van der Waals surface area contributed by atoms with Crippen molar-refractivity contribution in [2.45, 2.75) is 26.3 Å². The van der Waals surface area contributed by atoms with Gasteiger partial charge in [0.1, 0.15) is 5.39 Å². The lowest BCUT2D eigenvalue weighted by Crippen LogP contribution is -2.26. The van der Waals surface area contributed by atoms with Crippen molar-refractivity contribution >= 4 is 38.6 Å². The van der Waals surface area contributed by atoms with Crippen molar-refractivity contribution in [1.82, 2.24) is 9.55 Å². The third kappa shape index (κ3) is 5.28. The van der Waals surface area contributed by atoms with Gasteiger partial charge >= 0.3 is 11.4 Å². The zero-order valence-electron chi connectivity index (χ0n) is 13.7. The molecule has 3 aromatic rings. The highest BCUT2D eigenvalue weighted by Gasteiger charge is 2.10. The van der Waals surface area contributed by atoms with Crippen LogP contribution in [0.5, 0.6) is 0 Å². The number of alkyl halides is 1. The van der Waals surface area contributed by atoms with Crippen LogP contribution in [0.3, 0.4) is 0 Å². The Bertz CT molecular complexity index is 951. The van der Waals surface area contributed by atoms with Crippen molar-refractivity contribution in [3.05, 3.63) is 74.2 Å². The van der Waals surface area contributed by atoms with E-state index < -0.39 is 11.4 Å². The molecular formula is C18H18BrClN2O3. The van der Waals surface area contributed by atoms with Gasteiger partial charge in [-0.1, -0.05) is 53.0 Å². The molecule has 0 N–H and O–H groups in total. The SMILES string of the molecule is CCCCBr.O=c1oc(=O)n(Cc2cccc(Cl)c2)c2ncccc12. The second-order valence-electron chi connectivity index (χ2n) is 5.29. The zero-order valence-corrected chi connectivity index (χ0v) is 16.1. The van der Waals surface area contributed by atoms with Gasteiger partial charge in [0.25, 0.3) is 0 Å². The van der Waals surface area contributed by atoms with Crippen LogP contribution >= 0.6 is 27.5 Å². The van der Waals surface area contributed by atoms with Crippen LogP contribution in [-0.4, -0.2) is 14.9 Å². The molecule has 0 atom stereocenters. The van der Waals surface area contributed by atoms with Gasteiger partial charge in [-0.15, -0.1) is 0 Å². The molecule has 0 fully saturated rings. The summed E-state index contributed by atoms with van der Waals surface area (Å²) in [6.45, 7) is 2.41. The maximum absolute atomic E-state index is 11.9. The highest BCUT2D eigenvalue weighted by Crippen LogP contribution is 2.13. The summed E-state index contributed by atoms with van der Waals surface area (Å²) in [6.07, 6.45) is 4.13. The first-order chi connectivity index (χ1) is 12.1. The normalized spacial score (nSPS) is 10.4. The summed E-state index contributed by atoms with van der Waals surface area (Å²) in [5, 5.41) is 2.00. The minimum absolute atomic E-state index is 0.233. The number of hydrogen-bond donors (Lipinski definition) is 0. The third-order valence-corrected chi connectivity index (χ3v) is 4.18. The average Bonchev–Trinajstić information content (AvgIpc) is 2.60. The third-order valence-electron chi connectivity index (χ3n) is 3.38. The smallest absolute Gasteiger partial charge is 0.372 e. The zero-order chi connectivity index (χ0) is 18.2. The molecular weight excluding hydrogens is 408 g/mol. The maximum atomic E-state index is 11.9. The predicted octanol–water partition coefficient (Wildman–Crippen LogP) is 4.23. The van der Waals surface area contributed by atoms with E-state index in [2.05, 4.69) is 27.8 Å². The summed E-state index contributed by atoms with van der Waals surface area (Å²) in [5.41, 5.74) is 0.439. The molecule has 132 valence electrons. The fourth-order valence-corrected chi connectivity index (χ4v) is 2.91. The Hall–Kier alpha value is -1.92. The molecule has 0 radical (unpaired) electrons. The summed E-state index contributed by atoms with van der Waals surface area (Å²) < 4.78 is 6.01. The Kier molecular flexibility index (Phi) is 7.40. The van der Waals surface area contributed by atoms with Gasteiger partial charge in [0.15, 0.2) is 5.65 Å². The predicted molar refractivity (Wildman–Crippen MR) is 104 cm³/mol. The molecule has 2 heterocycles. The van der Waals surface area contributed by atoms with Crippen LogP contribution in [0.4, 0.5) is 0 Å². The minimum atomic E-state index is -0.735. The van der Waals surface area contributed by atoms with Crippen LogP contribution in [0.15, 0.2) is 56.6 Å². The molecule has 1 aromatic carbocycles. The lowest BCUT2D eigenvalue weighted by molar-refractivity contribution is 0.423. The topological polar surface area (TPSA) is 65.1 Å². The van der Waals surface area contributed by atoms with Crippen LogP contribution in [0.2, 0.25) is 5.02 Å². The highest BCUT2D eigenvalue weighted by atomic mass is 79.9. The fourth-order valence-electron chi connectivity index (χ4n) is 2.14. The highest BCUT2D eigenvalue weighted by molar-refractivity contribution is 9.09. The molecule has 7 heteroatoms. The molecule has 0 aliphatic rings. The Morgan fingerprint density at radius 2 is 2.04 bits per heavy atom. The van der Waals surface area contributed by atoms with E-state index in [1.54, 1.807) is 30.3 Å². The number of unbranched alkanes of at least 4 members (excludes halogenated alkanes) is 1. The van der Waals surface area contributed by atoms with E-state index in [9.17, 15) is 9.59 Å². The van der Waals surface area contributed by atoms with Crippen LogP contribution in [0.25, 0.3) is 11.0 Å². The molecule has 0 bridgehead atoms. The Morgan fingerprint density at radius 3 is 2.68 bits per heavy atom. The van der Waals surface area contributed by atoms with E-state index >= 15 is 0 Å². The van der Waals surface area contributed by atoms with Crippen molar-refractivity contribution in [3.8, 4) is 0 Å². The average molecular weight is 426 g/mol. The van der Waals surface area contributed by atoms with Gasteiger partial charge in [0.05, 0.1) is 6.54 Å². The second kappa shape index (κ2) is 9.53. The summed E-state index contributed by atoms with van der Waals surface area (Å²) in [6, 6.07) is 10.3. The minimum Gasteiger partial charge on any atom is -0.372 e. The summed E-state index contributed by atoms with van der Waals surface area (Å²) in [7, 11) is 0. The fraction of sp³-hybridized carbons (Fsp3) is 0.278. The van der Waals surface area contributed by atoms with Gasteiger partial charge in [-0.2, -0.15) is 0 Å². The molecule has 0 spiro atoms. The van der Waals surface area contributed by atoms with Gasteiger partial charge in [0.2, 0.25) is 0 Å². The number of pyridine rings is 1. The molecule has 0 aliphatic heterocycles. The molecule has 0 unspecified atom stereocenters. The Balaban J connectivity index is 0.000000399. The van der Waals surface area contributed by atoms with Gasteiger partial charge in [-0.05, 0) is 36.2 Å². The van der Waals surface area contributed by atoms with E-state index in [0.717, 1.165) is 10.9 Å². The Morgan fingerprint density at radius 1 is 1.24 bits per heavy atom. The van der Waals surface area contributed by atoms with E-state index in [1.807, 2.05) is 6.07 Å². The van der Waals surface area contributed by atoms with Crippen LogP contribution in [0, 0.1) is 0 Å². The van der Waals surface area contributed by atoms with E-state index in [0.29, 0.717) is 10.7 Å². The van der Waals surface area contributed by atoms with E-state index in [4.69, 9.17) is 16.0 Å². The van der Waals surface area contributed by atoms with Gasteiger partial charge in [-0.3, -0.25) is 4.57 Å². The first kappa shape index (κ1) is 19.4. The number of fused-ring (bicyclic) bond motifs is 1. The van der Waals surface area contributed by atoms with Crippen molar-refractivity contribution < 1.29 is 4.42 Å². The largest absolute Gasteiger partial charge is 0.423 e. The number of benzene rings is 1. The maximum Gasteiger partial charge on any atom is 0.423 e. The molecule has 0 amide bonds. The lowest BCUT2D eigenvalue weighted by atomic mass is 10.2. The summed E-state index contributed by atoms with van der Waals surface area (Å²) in [4.78, 5) is 27.6. The van der Waals surface area contributed by atoms with Crippen molar-refractivity contribution in [2.75, 3.05) is 5.33 Å². The van der Waals surface area contributed by atoms with E-state index in [-0.39, 0.29) is 11.9 Å². The van der Waals surface area contributed by atoms with Gasteiger partial charge in [0, 0.05) is 16.5 Å². The molecule has 3 rings (SSSR count). The molecule has 0 aliphatic carbocycles. The number of nitrogens with zero attached hydrogens (tertiary/aromatic N) is 2. The second-order valence-corrected chi connectivity index (χ2v) is 6.52. The first-order valence-corrected chi connectivity index (χ1v) is 9.35. The molecule has 0 saturated carbocycles. The van der Waals surface area contributed by atoms with Crippen molar-refractivity contribution in [2.24, 2.45) is 0 Å². The van der Waals surface area contributed by atoms with Crippen molar-refractivity contribution in [1.29, 1.82) is 0 Å². The van der Waals surface area contributed by atoms with Crippen LogP contribution < -0.4 is 11.4 Å². The lowest BCUT2D eigenvalue weighted by Gasteiger charge is -2.07. The quantitative estimate of drug-likeness (QED) is 0.587. The number of hydrogen-bond acceptors (Lipinski definition) is 4. The standard InChI is InChI=1S/C14H9ClN2O3.C4H9Br/c15-10-4-1-3-9(7-10)8-17-12-11(5-2-6-16-12)13(18)20-14(17)19;1-2-3-4-5/h1-7H,8H2;2-4H2,1H3. The number of halogens is 2. The summed E-state index contributed by atoms with van der Waals surface area (Å²) >= 11 is 9.23. The van der Waals surface area contributed by atoms with Crippen LogP contribution in [0.1, 0.15) is 25.3 Å². The molecule has 25 heavy (non-hydrogen) atoms.